The molecule has 0 heterocycles. The van der Waals surface area contributed by atoms with E-state index in [1.165, 1.54) is 4.90 Å². The van der Waals surface area contributed by atoms with Crippen molar-refractivity contribution in [1.82, 2.24) is 20.9 Å². The molecule has 12 heteroatoms. The van der Waals surface area contributed by atoms with Gasteiger partial charge in [0.25, 0.3) is 0 Å². The average molecular weight is 587 g/mol. The summed E-state index contributed by atoms with van der Waals surface area (Å²) in [5.74, 6) is -0.471. The molecule has 0 aliphatic carbocycles. The fourth-order valence-corrected chi connectivity index (χ4v) is 3.72. The van der Waals surface area contributed by atoms with Gasteiger partial charge in [-0.25, -0.2) is 14.4 Å². The maximum atomic E-state index is 13.4. The van der Waals surface area contributed by atoms with Gasteiger partial charge in [-0.2, -0.15) is 0 Å². The van der Waals surface area contributed by atoms with Crippen molar-refractivity contribution in [1.29, 1.82) is 0 Å². The molecule has 0 spiro atoms. The lowest BCUT2D eigenvalue weighted by Gasteiger charge is -2.28. The van der Waals surface area contributed by atoms with Crippen LogP contribution in [0.1, 0.15) is 44.7 Å². The van der Waals surface area contributed by atoms with Crippen molar-refractivity contribution < 1.29 is 38.5 Å². The molecule has 42 heavy (non-hydrogen) atoms. The van der Waals surface area contributed by atoms with Crippen LogP contribution in [0.25, 0.3) is 0 Å². The molecule has 2 aromatic carbocycles. The summed E-state index contributed by atoms with van der Waals surface area (Å²) in [5.41, 5.74) is 0.902. The van der Waals surface area contributed by atoms with E-state index in [1.807, 2.05) is 60.7 Å². The van der Waals surface area contributed by atoms with Gasteiger partial charge in [-0.05, 0) is 44.7 Å². The molecule has 4 N–H and O–H groups in total. The molecular weight excluding hydrogens is 544 g/mol. The van der Waals surface area contributed by atoms with E-state index in [0.29, 0.717) is 6.42 Å². The summed E-state index contributed by atoms with van der Waals surface area (Å²) in [6, 6.07) is 17.4. The fraction of sp³-hybridized carbons (Fsp3) is 0.467. The van der Waals surface area contributed by atoms with Crippen molar-refractivity contribution in [2.75, 3.05) is 32.8 Å². The highest BCUT2D eigenvalue weighted by Crippen LogP contribution is 2.10. The molecule has 4 amide bonds. The number of amides is 4. The second-order valence-corrected chi connectivity index (χ2v) is 10.4. The molecule has 0 aliphatic rings. The van der Waals surface area contributed by atoms with Crippen molar-refractivity contribution in [3.8, 4) is 0 Å². The molecule has 2 aromatic rings. The Hall–Kier alpha value is -4.32. The first-order valence-electron chi connectivity index (χ1n) is 13.9. The van der Waals surface area contributed by atoms with Gasteiger partial charge < -0.3 is 40.2 Å². The number of aliphatic hydroxyl groups excluding tert-OH is 1. The van der Waals surface area contributed by atoms with E-state index in [1.54, 1.807) is 20.8 Å². The first kappa shape index (κ1) is 33.9. The van der Waals surface area contributed by atoms with Gasteiger partial charge in [0.05, 0.1) is 6.61 Å². The monoisotopic (exact) mass is 586 g/mol. The molecule has 230 valence electrons. The minimum Gasteiger partial charge on any atom is -0.445 e. The van der Waals surface area contributed by atoms with Crippen LogP contribution in [0.4, 0.5) is 14.4 Å². The molecule has 12 nitrogen and oxygen atoms in total. The van der Waals surface area contributed by atoms with Crippen molar-refractivity contribution >= 4 is 24.2 Å². The van der Waals surface area contributed by atoms with Crippen LogP contribution in [-0.2, 0) is 32.2 Å². The molecule has 0 fully saturated rings. The van der Waals surface area contributed by atoms with Crippen LogP contribution in [0.2, 0.25) is 0 Å². The van der Waals surface area contributed by atoms with Crippen LogP contribution in [0.3, 0.4) is 0 Å². The molecule has 0 bridgehead atoms. The maximum absolute atomic E-state index is 13.4. The van der Waals surface area contributed by atoms with E-state index in [9.17, 15) is 24.3 Å². The number of carbonyl (C=O) groups is 4. The van der Waals surface area contributed by atoms with Crippen molar-refractivity contribution in [2.45, 2.75) is 58.5 Å². The van der Waals surface area contributed by atoms with E-state index < -0.39 is 35.8 Å². The average Bonchev–Trinajstić information content (AvgIpc) is 2.96. The van der Waals surface area contributed by atoms with E-state index in [-0.39, 0.29) is 52.4 Å². The Balaban J connectivity index is 1.88. The zero-order chi connectivity index (χ0) is 30.8. The maximum Gasteiger partial charge on any atom is 0.408 e. The number of rotatable bonds is 15. The van der Waals surface area contributed by atoms with Crippen LogP contribution in [0, 0.1) is 0 Å². The number of aliphatic hydroxyl groups is 1. The van der Waals surface area contributed by atoms with Gasteiger partial charge in [0.15, 0.2) is 0 Å². The summed E-state index contributed by atoms with van der Waals surface area (Å²) in [4.78, 5) is 51.4. The number of nitrogens with zero attached hydrogens (tertiary/aromatic N) is 1. The highest BCUT2D eigenvalue weighted by atomic mass is 16.6. The second kappa shape index (κ2) is 18.2. The number of nitrogens with one attached hydrogen (secondary N) is 3. The lowest BCUT2D eigenvalue weighted by atomic mass is 10.1. The predicted octanol–water partition coefficient (Wildman–Crippen LogP) is 3.33. The molecular formula is C30H42N4O8. The summed E-state index contributed by atoms with van der Waals surface area (Å²) in [7, 11) is 0. The predicted molar refractivity (Wildman–Crippen MR) is 155 cm³/mol. The molecule has 1 atom stereocenters. The highest BCUT2D eigenvalue weighted by molar-refractivity contribution is 5.85. The van der Waals surface area contributed by atoms with Gasteiger partial charge >= 0.3 is 18.3 Å². The summed E-state index contributed by atoms with van der Waals surface area (Å²) < 4.78 is 15.7. The molecule has 0 saturated carbocycles. The van der Waals surface area contributed by atoms with E-state index in [2.05, 4.69) is 16.0 Å². The SMILES string of the molecule is CC(C)(C)OC(=O)N[C@@H](CCCNC(=O)OCc1ccccc1)C(=O)N(CCO)CCNC(=O)OCc1ccccc1. The molecule has 0 saturated heterocycles. The molecule has 0 aliphatic heterocycles. The van der Waals surface area contributed by atoms with E-state index >= 15 is 0 Å². The number of benzene rings is 2. The zero-order valence-electron chi connectivity index (χ0n) is 24.5. The van der Waals surface area contributed by atoms with E-state index in [4.69, 9.17) is 14.2 Å². The van der Waals surface area contributed by atoms with Crippen LogP contribution in [-0.4, -0.2) is 78.6 Å². The summed E-state index contributed by atoms with van der Waals surface area (Å²) >= 11 is 0. The van der Waals surface area contributed by atoms with Crippen molar-refractivity contribution in [2.24, 2.45) is 0 Å². The highest BCUT2D eigenvalue weighted by Gasteiger charge is 2.28. The number of hydrogen-bond acceptors (Lipinski definition) is 8. The zero-order valence-corrected chi connectivity index (χ0v) is 24.5. The third-order valence-electron chi connectivity index (χ3n) is 5.69. The lowest BCUT2D eigenvalue weighted by Crippen LogP contribution is -2.52. The summed E-state index contributed by atoms with van der Waals surface area (Å²) in [6.45, 7) is 5.32. The molecule has 0 unspecified atom stereocenters. The smallest absolute Gasteiger partial charge is 0.408 e. The fourth-order valence-electron chi connectivity index (χ4n) is 3.72. The Labute approximate surface area is 246 Å². The third-order valence-corrected chi connectivity index (χ3v) is 5.69. The Kier molecular flexibility index (Phi) is 14.7. The normalized spacial score (nSPS) is 11.5. The Morgan fingerprint density at radius 3 is 1.81 bits per heavy atom. The minimum absolute atomic E-state index is 0.0177. The van der Waals surface area contributed by atoms with Gasteiger partial charge in [0.1, 0.15) is 24.9 Å². The summed E-state index contributed by atoms with van der Waals surface area (Å²) in [6.07, 6.45) is -1.52. The Morgan fingerprint density at radius 1 is 0.786 bits per heavy atom. The topological polar surface area (TPSA) is 156 Å². The van der Waals surface area contributed by atoms with Gasteiger partial charge in [0.2, 0.25) is 5.91 Å². The van der Waals surface area contributed by atoms with Gasteiger partial charge in [0, 0.05) is 26.2 Å². The first-order valence-corrected chi connectivity index (χ1v) is 13.9. The van der Waals surface area contributed by atoms with Crippen LogP contribution < -0.4 is 16.0 Å². The number of carbonyl (C=O) groups excluding carboxylic acids is 4. The standard InChI is InChI=1S/C30H42N4O8/c1-30(2,3)42-29(39)33-25(15-10-16-31-27(37)40-21-23-11-6-4-7-12-23)26(36)34(19-20-35)18-17-32-28(38)41-22-24-13-8-5-9-14-24/h4-9,11-14,25,35H,10,15-22H2,1-3H3,(H,31,37)(H,32,38)(H,33,39)/t25-/m0/s1. The second-order valence-electron chi connectivity index (χ2n) is 10.4. The van der Waals surface area contributed by atoms with E-state index in [0.717, 1.165) is 11.1 Å². The van der Waals surface area contributed by atoms with Crippen LogP contribution in [0.5, 0.6) is 0 Å². The van der Waals surface area contributed by atoms with Crippen LogP contribution >= 0.6 is 0 Å². The van der Waals surface area contributed by atoms with Gasteiger partial charge in [-0.1, -0.05) is 60.7 Å². The number of alkyl carbamates (subject to hydrolysis) is 3. The van der Waals surface area contributed by atoms with Crippen LogP contribution in [0.15, 0.2) is 60.7 Å². The Bertz CT molecular complexity index is 1110. The van der Waals surface area contributed by atoms with Gasteiger partial charge in [-0.3, -0.25) is 4.79 Å². The first-order chi connectivity index (χ1) is 20.1. The third kappa shape index (κ3) is 14.4. The number of hydrogen-bond donors (Lipinski definition) is 4. The lowest BCUT2D eigenvalue weighted by molar-refractivity contribution is -0.134. The quantitative estimate of drug-likeness (QED) is 0.183. The summed E-state index contributed by atoms with van der Waals surface area (Å²) in [5, 5.41) is 17.4. The minimum atomic E-state index is -1.00. The van der Waals surface area contributed by atoms with Crippen molar-refractivity contribution in [3.63, 3.8) is 0 Å². The van der Waals surface area contributed by atoms with Crippen molar-refractivity contribution in [3.05, 3.63) is 71.8 Å². The largest absolute Gasteiger partial charge is 0.445 e. The number of ether oxygens (including phenoxy) is 3. The molecule has 0 radical (unpaired) electrons. The molecule has 0 aromatic heterocycles. The van der Waals surface area contributed by atoms with Gasteiger partial charge in [-0.15, -0.1) is 0 Å². The molecule has 2 rings (SSSR count). The Morgan fingerprint density at radius 2 is 1.31 bits per heavy atom.